The predicted molar refractivity (Wildman–Crippen MR) is 117 cm³/mol. The number of sulfonamides is 1. The lowest BCUT2D eigenvalue weighted by Crippen LogP contribution is -2.27. The van der Waals surface area contributed by atoms with Crippen LogP contribution in [0.3, 0.4) is 0 Å². The first-order chi connectivity index (χ1) is 14.5. The zero-order valence-corrected chi connectivity index (χ0v) is 17.6. The van der Waals surface area contributed by atoms with Gasteiger partial charge < -0.3 is 10.1 Å². The molecule has 1 amide bonds. The summed E-state index contributed by atoms with van der Waals surface area (Å²) in [5.41, 5.74) is 1.64. The van der Waals surface area contributed by atoms with Crippen molar-refractivity contribution in [3.8, 4) is 0 Å². The fraction of sp³-hybridized carbons (Fsp3) is 0.136. The van der Waals surface area contributed by atoms with Gasteiger partial charge in [-0.3, -0.25) is 9.52 Å². The molecule has 0 atom stereocenters. The Morgan fingerprint density at radius 3 is 2.30 bits per heavy atom. The van der Waals surface area contributed by atoms with Crippen LogP contribution in [0.5, 0.6) is 0 Å². The van der Waals surface area contributed by atoms with Crippen LogP contribution < -0.4 is 10.0 Å². The van der Waals surface area contributed by atoms with Crippen molar-refractivity contribution in [2.45, 2.75) is 11.5 Å². The minimum atomic E-state index is -3.95. The summed E-state index contributed by atoms with van der Waals surface area (Å²) in [5, 5.41) is 2.74. The average molecular weight is 445 g/mol. The van der Waals surface area contributed by atoms with Gasteiger partial charge in [-0.15, -0.1) is 0 Å². The summed E-state index contributed by atoms with van der Waals surface area (Å²) >= 11 is 6.08. The van der Waals surface area contributed by atoms with E-state index in [1.807, 2.05) is 30.3 Å². The Kier molecular flexibility index (Phi) is 7.46. The normalized spacial score (nSPS) is 11.1. The average Bonchev–Trinajstić information content (AvgIpc) is 2.74. The van der Waals surface area contributed by atoms with Crippen molar-refractivity contribution in [2.75, 3.05) is 17.9 Å². The molecule has 8 heteroatoms. The van der Waals surface area contributed by atoms with Gasteiger partial charge in [-0.05, 0) is 35.9 Å². The monoisotopic (exact) mass is 444 g/mol. The highest BCUT2D eigenvalue weighted by Crippen LogP contribution is 2.25. The first-order valence-electron chi connectivity index (χ1n) is 9.23. The number of halogens is 1. The van der Waals surface area contributed by atoms with Crippen LogP contribution in [0.15, 0.2) is 83.8 Å². The summed E-state index contributed by atoms with van der Waals surface area (Å²) in [4.78, 5) is 12.2. The standard InChI is InChI=1S/C22H21ClN2O4S/c23-20-12-11-18(15-21(20)30(27,28)25-19-9-5-2-6-10-19)22(26)24-13-14-29-16-17-7-3-1-4-8-17/h1-12,15,25H,13-14,16H2,(H,24,26). The molecule has 3 aromatic rings. The molecule has 156 valence electrons. The number of anilines is 1. The molecule has 0 heterocycles. The number of carbonyl (C=O) groups excluding carboxylic acids is 1. The number of amides is 1. The first-order valence-corrected chi connectivity index (χ1v) is 11.1. The number of ether oxygens (including phenoxy) is 1. The van der Waals surface area contributed by atoms with Crippen molar-refractivity contribution in [3.05, 3.63) is 95.0 Å². The molecule has 0 bridgehead atoms. The first kappa shape index (κ1) is 21.8. The van der Waals surface area contributed by atoms with Crippen LogP contribution in [0.1, 0.15) is 15.9 Å². The van der Waals surface area contributed by atoms with Crippen LogP contribution in [-0.2, 0) is 21.4 Å². The van der Waals surface area contributed by atoms with E-state index in [4.69, 9.17) is 16.3 Å². The van der Waals surface area contributed by atoms with Crippen LogP contribution >= 0.6 is 11.6 Å². The van der Waals surface area contributed by atoms with E-state index < -0.39 is 15.9 Å². The number of nitrogens with one attached hydrogen (secondary N) is 2. The summed E-state index contributed by atoms with van der Waals surface area (Å²) in [7, 11) is -3.95. The van der Waals surface area contributed by atoms with Gasteiger partial charge in [-0.1, -0.05) is 60.1 Å². The Morgan fingerprint density at radius 1 is 0.933 bits per heavy atom. The lowest BCUT2D eigenvalue weighted by atomic mass is 10.2. The summed E-state index contributed by atoms with van der Waals surface area (Å²) in [6, 6.07) is 22.3. The minimum absolute atomic E-state index is 0.0289. The summed E-state index contributed by atoms with van der Waals surface area (Å²) in [6.07, 6.45) is 0. The Hall–Kier alpha value is -2.87. The van der Waals surface area contributed by atoms with Crippen molar-refractivity contribution in [1.82, 2.24) is 5.32 Å². The topological polar surface area (TPSA) is 84.5 Å². The number of hydrogen-bond acceptors (Lipinski definition) is 4. The number of carbonyl (C=O) groups is 1. The molecular formula is C22H21ClN2O4S. The maximum absolute atomic E-state index is 12.7. The quantitative estimate of drug-likeness (QED) is 0.487. The highest BCUT2D eigenvalue weighted by atomic mass is 35.5. The lowest BCUT2D eigenvalue weighted by Gasteiger charge is -2.11. The molecule has 3 rings (SSSR count). The second-order valence-electron chi connectivity index (χ2n) is 6.41. The summed E-state index contributed by atoms with van der Waals surface area (Å²) in [6.45, 7) is 1.07. The molecule has 0 aromatic heterocycles. The molecule has 0 aliphatic rings. The van der Waals surface area contributed by atoms with E-state index in [0.29, 0.717) is 25.4 Å². The van der Waals surface area contributed by atoms with Crippen LogP contribution in [-0.4, -0.2) is 27.5 Å². The van der Waals surface area contributed by atoms with E-state index >= 15 is 0 Å². The van der Waals surface area contributed by atoms with Crippen LogP contribution in [0.2, 0.25) is 5.02 Å². The van der Waals surface area contributed by atoms with E-state index in [9.17, 15) is 13.2 Å². The SMILES string of the molecule is O=C(NCCOCc1ccccc1)c1ccc(Cl)c(S(=O)(=O)Nc2ccccc2)c1. The smallest absolute Gasteiger partial charge is 0.263 e. The highest BCUT2D eigenvalue weighted by molar-refractivity contribution is 7.92. The van der Waals surface area contributed by atoms with Gasteiger partial charge in [0, 0.05) is 17.8 Å². The van der Waals surface area contributed by atoms with Crippen molar-refractivity contribution in [3.63, 3.8) is 0 Å². The fourth-order valence-corrected chi connectivity index (χ4v) is 4.26. The maximum atomic E-state index is 12.7. The molecule has 3 aromatic carbocycles. The Balaban J connectivity index is 1.59. The van der Waals surface area contributed by atoms with E-state index in [2.05, 4.69) is 10.0 Å². The molecule has 30 heavy (non-hydrogen) atoms. The fourth-order valence-electron chi connectivity index (χ4n) is 2.67. The van der Waals surface area contributed by atoms with E-state index in [-0.39, 0.29) is 15.5 Å². The highest BCUT2D eigenvalue weighted by Gasteiger charge is 2.20. The van der Waals surface area contributed by atoms with Crippen molar-refractivity contribution < 1.29 is 17.9 Å². The van der Waals surface area contributed by atoms with Gasteiger partial charge in [0.1, 0.15) is 4.90 Å². The van der Waals surface area contributed by atoms with Gasteiger partial charge in [0.05, 0.1) is 18.2 Å². The van der Waals surface area contributed by atoms with Gasteiger partial charge >= 0.3 is 0 Å². The van der Waals surface area contributed by atoms with Crippen LogP contribution in [0.25, 0.3) is 0 Å². The molecule has 0 spiro atoms. The van der Waals surface area contributed by atoms with E-state index in [1.54, 1.807) is 30.3 Å². The zero-order chi connectivity index (χ0) is 21.4. The molecule has 2 N–H and O–H groups in total. The second kappa shape index (κ2) is 10.2. The van der Waals surface area contributed by atoms with E-state index in [0.717, 1.165) is 5.56 Å². The molecule has 0 aliphatic heterocycles. The Labute approximate surface area is 180 Å². The molecule has 0 fully saturated rings. The molecule has 0 aliphatic carbocycles. The van der Waals surface area contributed by atoms with Crippen molar-refractivity contribution >= 4 is 33.2 Å². The Bertz CT molecular complexity index is 1090. The van der Waals surface area contributed by atoms with Gasteiger partial charge in [0.15, 0.2) is 0 Å². The second-order valence-corrected chi connectivity index (χ2v) is 8.47. The summed E-state index contributed by atoms with van der Waals surface area (Å²) < 4.78 is 33.3. The molecule has 0 saturated heterocycles. The van der Waals surface area contributed by atoms with Gasteiger partial charge in [0.2, 0.25) is 0 Å². The third kappa shape index (κ3) is 6.06. The van der Waals surface area contributed by atoms with Gasteiger partial charge in [-0.2, -0.15) is 0 Å². The number of para-hydroxylation sites is 1. The molecule has 0 radical (unpaired) electrons. The minimum Gasteiger partial charge on any atom is -0.375 e. The third-order valence-electron chi connectivity index (χ3n) is 4.15. The molecule has 0 saturated carbocycles. The largest absolute Gasteiger partial charge is 0.375 e. The Morgan fingerprint density at radius 2 is 1.60 bits per heavy atom. The number of rotatable bonds is 9. The van der Waals surface area contributed by atoms with Crippen molar-refractivity contribution in [2.24, 2.45) is 0 Å². The third-order valence-corrected chi connectivity index (χ3v) is 6.02. The molecular weight excluding hydrogens is 424 g/mol. The van der Waals surface area contributed by atoms with Crippen LogP contribution in [0.4, 0.5) is 5.69 Å². The predicted octanol–water partition coefficient (Wildman–Crippen LogP) is 4.09. The van der Waals surface area contributed by atoms with Gasteiger partial charge in [-0.25, -0.2) is 8.42 Å². The van der Waals surface area contributed by atoms with E-state index in [1.165, 1.54) is 18.2 Å². The molecule has 0 unspecified atom stereocenters. The number of hydrogen-bond donors (Lipinski definition) is 2. The van der Waals surface area contributed by atoms with Crippen molar-refractivity contribution in [1.29, 1.82) is 0 Å². The van der Waals surface area contributed by atoms with Crippen LogP contribution in [0, 0.1) is 0 Å². The maximum Gasteiger partial charge on any atom is 0.263 e. The summed E-state index contributed by atoms with van der Waals surface area (Å²) in [5.74, 6) is -0.411. The van der Waals surface area contributed by atoms with Gasteiger partial charge in [0.25, 0.3) is 15.9 Å². The molecule has 6 nitrogen and oxygen atoms in total. The zero-order valence-electron chi connectivity index (χ0n) is 16.0. The lowest BCUT2D eigenvalue weighted by molar-refractivity contribution is 0.0900. The number of benzene rings is 3.